The number of carbonyl (C=O) groups excluding carboxylic acids is 2. The SMILES string of the molecule is COc1cccc(CNC(=O)CCc2csc(NC(=O)c3cccs3)n2)c1. The van der Waals surface area contributed by atoms with Crippen LogP contribution in [0.15, 0.2) is 47.2 Å². The molecule has 3 rings (SSSR count). The fourth-order valence-electron chi connectivity index (χ4n) is 2.36. The molecule has 0 aliphatic carbocycles. The molecule has 0 saturated heterocycles. The first kappa shape index (κ1) is 19.1. The van der Waals surface area contributed by atoms with E-state index in [1.54, 1.807) is 13.2 Å². The molecule has 0 aliphatic rings. The molecule has 0 fully saturated rings. The van der Waals surface area contributed by atoms with Crippen molar-refractivity contribution in [2.24, 2.45) is 0 Å². The number of aromatic nitrogens is 1. The van der Waals surface area contributed by atoms with Gasteiger partial charge >= 0.3 is 0 Å². The largest absolute Gasteiger partial charge is 0.497 e. The number of thiazole rings is 1. The third kappa shape index (κ3) is 5.63. The van der Waals surface area contributed by atoms with Crippen molar-refractivity contribution in [3.8, 4) is 5.75 Å². The van der Waals surface area contributed by atoms with Gasteiger partial charge in [0.15, 0.2) is 5.13 Å². The molecule has 2 N–H and O–H groups in total. The predicted octanol–water partition coefficient (Wildman–Crippen LogP) is 3.71. The van der Waals surface area contributed by atoms with Gasteiger partial charge in [0.2, 0.25) is 5.91 Å². The highest BCUT2D eigenvalue weighted by molar-refractivity contribution is 7.14. The zero-order valence-electron chi connectivity index (χ0n) is 14.7. The maximum atomic E-state index is 12.0. The van der Waals surface area contributed by atoms with E-state index in [-0.39, 0.29) is 11.8 Å². The fraction of sp³-hybridized carbons (Fsp3) is 0.211. The molecule has 3 aromatic rings. The van der Waals surface area contributed by atoms with E-state index < -0.39 is 0 Å². The zero-order valence-corrected chi connectivity index (χ0v) is 16.4. The van der Waals surface area contributed by atoms with Gasteiger partial charge in [0.1, 0.15) is 5.75 Å². The third-order valence-corrected chi connectivity index (χ3v) is 5.42. The van der Waals surface area contributed by atoms with Gasteiger partial charge in [0, 0.05) is 18.3 Å². The molecule has 140 valence electrons. The Morgan fingerprint density at radius 2 is 2.07 bits per heavy atom. The highest BCUT2D eigenvalue weighted by Gasteiger charge is 2.11. The molecule has 1 aromatic carbocycles. The lowest BCUT2D eigenvalue weighted by Gasteiger charge is -2.06. The predicted molar refractivity (Wildman–Crippen MR) is 108 cm³/mol. The standard InChI is InChI=1S/C19H19N3O3S2/c1-25-15-5-2-4-13(10-15)11-20-17(23)8-7-14-12-27-19(21-14)22-18(24)16-6-3-9-26-16/h2-6,9-10,12H,7-8,11H2,1H3,(H,20,23)(H,21,22,24). The van der Waals surface area contributed by atoms with Gasteiger partial charge in [-0.25, -0.2) is 4.98 Å². The van der Waals surface area contributed by atoms with Crippen molar-refractivity contribution in [2.45, 2.75) is 19.4 Å². The summed E-state index contributed by atoms with van der Waals surface area (Å²) in [5.74, 6) is 0.554. The number of ether oxygens (including phenoxy) is 1. The van der Waals surface area contributed by atoms with Crippen molar-refractivity contribution in [3.05, 3.63) is 63.3 Å². The second-order valence-corrected chi connectivity index (χ2v) is 7.51. The number of amides is 2. The lowest BCUT2D eigenvalue weighted by molar-refractivity contribution is -0.121. The van der Waals surface area contributed by atoms with E-state index in [0.717, 1.165) is 17.0 Å². The van der Waals surface area contributed by atoms with E-state index in [1.807, 2.05) is 41.1 Å². The fourth-order valence-corrected chi connectivity index (χ4v) is 3.72. The third-order valence-electron chi connectivity index (χ3n) is 3.75. The summed E-state index contributed by atoms with van der Waals surface area (Å²) in [5, 5.41) is 9.92. The van der Waals surface area contributed by atoms with Crippen LogP contribution in [0.3, 0.4) is 0 Å². The molecule has 0 unspecified atom stereocenters. The Hall–Kier alpha value is -2.71. The van der Waals surface area contributed by atoms with Crippen molar-refractivity contribution in [3.63, 3.8) is 0 Å². The summed E-state index contributed by atoms with van der Waals surface area (Å²) >= 11 is 2.74. The Morgan fingerprint density at radius 1 is 1.19 bits per heavy atom. The summed E-state index contributed by atoms with van der Waals surface area (Å²) in [6, 6.07) is 11.2. The minimum atomic E-state index is -0.165. The number of carbonyl (C=O) groups is 2. The lowest BCUT2D eigenvalue weighted by Crippen LogP contribution is -2.23. The van der Waals surface area contributed by atoms with Crippen molar-refractivity contribution >= 4 is 39.6 Å². The molecule has 6 nitrogen and oxygen atoms in total. The van der Waals surface area contributed by atoms with Crippen LogP contribution >= 0.6 is 22.7 Å². The molecule has 0 saturated carbocycles. The number of hydrogen-bond acceptors (Lipinski definition) is 6. The molecular formula is C19H19N3O3S2. The molecule has 0 spiro atoms. The number of hydrogen-bond donors (Lipinski definition) is 2. The smallest absolute Gasteiger partial charge is 0.267 e. The van der Waals surface area contributed by atoms with Crippen LogP contribution in [0.25, 0.3) is 0 Å². The maximum Gasteiger partial charge on any atom is 0.267 e. The Balaban J connectivity index is 1.43. The van der Waals surface area contributed by atoms with E-state index in [0.29, 0.717) is 29.4 Å². The highest BCUT2D eigenvalue weighted by atomic mass is 32.1. The number of methoxy groups -OCH3 is 1. The van der Waals surface area contributed by atoms with E-state index in [4.69, 9.17) is 4.74 Å². The molecule has 0 aliphatic heterocycles. The van der Waals surface area contributed by atoms with Crippen molar-refractivity contribution in [1.82, 2.24) is 10.3 Å². The van der Waals surface area contributed by atoms with Gasteiger partial charge in [0.25, 0.3) is 5.91 Å². The molecule has 2 amide bonds. The van der Waals surface area contributed by atoms with E-state index >= 15 is 0 Å². The molecule has 27 heavy (non-hydrogen) atoms. The van der Waals surface area contributed by atoms with E-state index in [9.17, 15) is 9.59 Å². The number of benzene rings is 1. The minimum Gasteiger partial charge on any atom is -0.497 e. The summed E-state index contributed by atoms with van der Waals surface area (Å²) in [6.07, 6.45) is 0.862. The Bertz CT molecular complexity index is 907. The second-order valence-electron chi connectivity index (χ2n) is 5.70. The van der Waals surface area contributed by atoms with Crippen LogP contribution in [0.2, 0.25) is 0 Å². The van der Waals surface area contributed by atoms with E-state index in [2.05, 4.69) is 15.6 Å². The summed E-state index contributed by atoms with van der Waals surface area (Å²) < 4.78 is 5.17. The molecule has 2 heterocycles. The number of thiophene rings is 1. The van der Waals surface area contributed by atoms with Crippen LogP contribution in [0, 0.1) is 0 Å². The van der Waals surface area contributed by atoms with Crippen molar-refractivity contribution < 1.29 is 14.3 Å². The van der Waals surface area contributed by atoms with Gasteiger partial charge in [-0.2, -0.15) is 0 Å². The number of rotatable bonds is 8. The summed E-state index contributed by atoms with van der Waals surface area (Å²) in [5.41, 5.74) is 1.77. The monoisotopic (exact) mass is 401 g/mol. The Kier molecular flexibility index (Phi) is 6.56. The number of anilines is 1. The van der Waals surface area contributed by atoms with Gasteiger partial charge in [-0.05, 0) is 35.6 Å². The van der Waals surface area contributed by atoms with Gasteiger partial charge in [-0.15, -0.1) is 22.7 Å². The quantitative estimate of drug-likeness (QED) is 0.603. The highest BCUT2D eigenvalue weighted by Crippen LogP contribution is 2.19. The molecule has 2 aromatic heterocycles. The zero-order chi connectivity index (χ0) is 19.1. The van der Waals surface area contributed by atoms with Crippen LogP contribution in [0.5, 0.6) is 5.75 Å². The summed E-state index contributed by atoms with van der Waals surface area (Å²) in [7, 11) is 1.61. The van der Waals surface area contributed by atoms with Gasteiger partial charge in [0.05, 0.1) is 17.7 Å². The molecule has 0 radical (unpaired) electrons. The maximum absolute atomic E-state index is 12.0. The number of nitrogens with one attached hydrogen (secondary N) is 2. The molecule has 0 bridgehead atoms. The first-order valence-corrected chi connectivity index (χ1v) is 10.1. The topological polar surface area (TPSA) is 80.3 Å². The van der Waals surface area contributed by atoms with Crippen molar-refractivity contribution in [2.75, 3.05) is 12.4 Å². The summed E-state index contributed by atoms with van der Waals surface area (Å²) in [4.78, 5) is 29.1. The average Bonchev–Trinajstić information content (AvgIpc) is 3.37. The van der Waals surface area contributed by atoms with Gasteiger partial charge < -0.3 is 10.1 Å². The summed E-state index contributed by atoms with van der Waals surface area (Å²) in [6.45, 7) is 0.454. The van der Waals surface area contributed by atoms with Gasteiger partial charge in [-0.1, -0.05) is 18.2 Å². The van der Waals surface area contributed by atoms with Crippen LogP contribution in [-0.2, 0) is 17.8 Å². The first-order valence-electron chi connectivity index (χ1n) is 8.33. The van der Waals surface area contributed by atoms with E-state index in [1.165, 1.54) is 22.7 Å². The van der Waals surface area contributed by atoms with Crippen LogP contribution < -0.4 is 15.4 Å². The second kappa shape index (κ2) is 9.29. The number of aryl methyl sites for hydroxylation is 1. The molecular weight excluding hydrogens is 382 g/mol. The molecule has 8 heteroatoms. The van der Waals surface area contributed by atoms with Crippen LogP contribution in [0.1, 0.15) is 27.3 Å². The normalized spacial score (nSPS) is 10.4. The molecule has 0 atom stereocenters. The minimum absolute atomic E-state index is 0.0463. The first-order chi connectivity index (χ1) is 13.1. The number of nitrogens with zero attached hydrogens (tertiary/aromatic N) is 1. The van der Waals surface area contributed by atoms with Crippen molar-refractivity contribution in [1.29, 1.82) is 0 Å². The Morgan fingerprint density at radius 3 is 2.85 bits per heavy atom. The van der Waals surface area contributed by atoms with Crippen LogP contribution in [0.4, 0.5) is 5.13 Å². The Labute approximate surface area is 165 Å². The lowest BCUT2D eigenvalue weighted by atomic mass is 10.2. The van der Waals surface area contributed by atoms with Crippen LogP contribution in [-0.4, -0.2) is 23.9 Å². The average molecular weight is 402 g/mol. The van der Waals surface area contributed by atoms with Gasteiger partial charge in [-0.3, -0.25) is 14.9 Å².